The van der Waals surface area contributed by atoms with Gasteiger partial charge in [0, 0.05) is 31.7 Å². The Bertz CT molecular complexity index is 1060. The van der Waals surface area contributed by atoms with Gasteiger partial charge < -0.3 is 33.5 Å². The van der Waals surface area contributed by atoms with Gasteiger partial charge in [0.25, 0.3) is 6.47 Å². The van der Waals surface area contributed by atoms with Crippen molar-refractivity contribution in [2.24, 2.45) is 0 Å². The smallest absolute Gasteiger partial charge is 0.293 e. The van der Waals surface area contributed by atoms with Gasteiger partial charge in [-0.1, -0.05) is 6.07 Å². The van der Waals surface area contributed by atoms with Gasteiger partial charge in [-0.2, -0.15) is 5.26 Å². The fourth-order valence-corrected chi connectivity index (χ4v) is 3.67. The Morgan fingerprint density at radius 2 is 1.77 bits per heavy atom. The van der Waals surface area contributed by atoms with Gasteiger partial charge >= 0.3 is 0 Å². The van der Waals surface area contributed by atoms with E-state index in [1.165, 1.54) is 13.2 Å². The van der Waals surface area contributed by atoms with Gasteiger partial charge in [0.2, 0.25) is 0 Å². The van der Waals surface area contributed by atoms with Crippen LogP contribution in [0.25, 0.3) is 0 Å². The number of hydrogen-bond acceptors (Lipinski definition) is 9. The minimum Gasteiger partial charge on any atom is -0.494 e. The quantitative estimate of drug-likeness (QED) is 0.351. The van der Waals surface area contributed by atoms with Crippen LogP contribution in [-0.4, -0.2) is 83.5 Å². The normalized spacial score (nSPS) is 16.9. The second-order valence-corrected chi connectivity index (χ2v) is 10.6. The Hall–Kier alpha value is -3.23. The molecule has 2 aromatic rings. The van der Waals surface area contributed by atoms with Crippen LogP contribution < -0.4 is 9.64 Å². The number of halogens is 1. The molecule has 1 saturated heterocycles. The summed E-state index contributed by atoms with van der Waals surface area (Å²) in [5.74, 6) is -0.177. The molecule has 40 heavy (non-hydrogen) atoms. The topological polar surface area (TPSA) is 93.5 Å². The molecule has 0 amide bonds. The predicted molar refractivity (Wildman–Crippen MR) is 151 cm³/mol. The van der Waals surface area contributed by atoms with Crippen LogP contribution >= 0.6 is 0 Å². The van der Waals surface area contributed by atoms with Gasteiger partial charge in [0.1, 0.15) is 11.7 Å². The van der Waals surface area contributed by atoms with Gasteiger partial charge in [-0.3, -0.25) is 4.79 Å². The zero-order valence-corrected chi connectivity index (χ0v) is 24.4. The fourth-order valence-electron chi connectivity index (χ4n) is 3.67. The number of carbonyl (C=O) groups is 1. The third-order valence-corrected chi connectivity index (χ3v) is 5.82. The zero-order valence-electron chi connectivity index (χ0n) is 24.4. The molecular formula is C30H42FN3O6. The highest BCUT2D eigenvalue weighted by Gasteiger charge is 2.23. The lowest BCUT2D eigenvalue weighted by molar-refractivity contribution is -0.227. The average Bonchev–Trinajstić information content (AvgIpc) is 2.91. The SMILES string of the molecule is CC(C)(C)OC=O.COc1ccc(CN(CCC2OCC(OCCN(C)C)CO2)c2ccc(C#N)cc2)cc1F. The van der Waals surface area contributed by atoms with Crippen LogP contribution in [0.15, 0.2) is 42.5 Å². The van der Waals surface area contributed by atoms with Crippen LogP contribution in [0.2, 0.25) is 0 Å². The van der Waals surface area contributed by atoms with Crippen molar-refractivity contribution < 1.29 is 32.9 Å². The van der Waals surface area contributed by atoms with Crippen molar-refractivity contribution in [2.75, 3.05) is 59.0 Å². The largest absolute Gasteiger partial charge is 0.494 e. The molecule has 0 N–H and O–H groups in total. The van der Waals surface area contributed by atoms with Crippen molar-refractivity contribution in [3.8, 4) is 11.8 Å². The molecule has 0 unspecified atom stereocenters. The van der Waals surface area contributed by atoms with Crippen molar-refractivity contribution in [3.05, 3.63) is 59.4 Å². The molecule has 1 aliphatic heterocycles. The molecule has 0 saturated carbocycles. The summed E-state index contributed by atoms with van der Waals surface area (Å²) in [6.45, 7) is 9.54. The maximum absolute atomic E-state index is 14.2. The van der Waals surface area contributed by atoms with Crippen LogP contribution in [0.5, 0.6) is 5.75 Å². The van der Waals surface area contributed by atoms with Crippen LogP contribution in [-0.2, 0) is 30.3 Å². The van der Waals surface area contributed by atoms with E-state index in [1.54, 1.807) is 18.2 Å². The van der Waals surface area contributed by atoms with Gasteiger partial charge in [-0.25, -0.2) is 4.39 Å². The molecule has 0 bridgehead atoms. The summed E-state index contributed by atoms with van der Waals surface area (Å²) >= 11 is 0. The third-order valence-electron chi connectivity index (χ3n) is 5.82. The molecule has 9 nitrogen and oxygen atoms in total. The molecule has 0 aliphatic carbocycles. The van der Waals surface area contributed by atoms with Crippen molar-refractivity contribution in [2.45, 2.75) is 51.7 Å². The second-order valence-electron chi connectivity index (χ2n) is 10.6. The van der Waals surface area contributed by atoms with Gasteiger partial charge in [-0.05, 0) is 76.8 Å². The lowest BCUT2D eigenvalue weighted by Gasteiger charge is -2.32. The highest BCUT2D eigenvalue weighted by atomic mass is 19.1. The first-order chi connectivity index (χ1) is 19.0. The molecule has 220 valence electrons. The average molecular weight is 560 g/mol. The van der Waals surface area contributed by atoms with E-state index in [4.69, 9.17) is 24.2 Å². The molecule has 0 aromatic heterocycles. The number of benzene rings is 2. The number of hydrogen-bond donors (Lipinski definition) is 0. The number of methoxy groups -OCH3 is 1. The van der Waals surface area contributed by atoms with Gasteiger partial charge in [0.05, 0.1) is 38.6 Å². The first-order valence-corrected chi connectivity index (χ1v) is 13.2. The number of rotatable bonds is 12. The van der Waals surface area contributed by atoms with Gasteiger partial charge in [-0.15, -0.1) is 0 Å². The maximum atomic E-state index is 14.2. The summed E-state index contributed by atoms with van der Waals surface area (Å²) in [5.41, 5.74) is 2.03. The maximum Gasteiger partial charge on any atom is 0.293 e. The Morgan fingerprint density at radius 3 is 2.27 bits per heavy atom. The number of nitriles is 1. The van der Waals surface area contributed by atoms with Crippen LogP contribution in [0.4, 0.5) is 10.1 Å². The highest BCUT2D eigenvalue weighted by Crippen LogP contribution is 2.23. The number of anilines is 1. The highest BCUT2D eigenvalue weighted by molar-refractivity contribution is 5.50. The first-order valence-electron chi connectivity index (χ1n) is 13.2. The molecule has 1 aliphatic rings. The summed E-state index contributed by atoms with van der Waals surface area (Å²) in [4.78, 5) is 13.8. The first kappa shape index (κ1) is 33.0. The summed E-state index contributed by atoms with van der Waals surface area (Å²) in [5, 5.41) is 9.10. The van der Waals surface area contributed by atoms with Crippen LogP contribution in [0, 0.1) is 17.1 Å². The minimum atomic E-state index is -0.394. The minimum absolute atomic E-state index is 0.0573. The molecule has 3 rings (SSSR count). The van der Waals surface area contributed by atoms with Crippen molar-refractivity contribution >= 4 is 12.2 Å². The van der Waals surface area contributed by atoms with E-state index in [9.17, 15) is 9.18 Å². The molecule has 1 heterocycles. The summed E-state index contributed by atoms with van der Waals surface area (Å²) in [7, 11) is 5.46. The lowest BCUT2D eigenvalue weighted by Crippen LogP contribution is -2.40. The third kappa shape index (κ3) is 12.3. The molecule has 0 atom stereocenters. The monoisotopic (exact) mass is 559 g/mol. The lowest BCUT2D eigenvalue weighted by atomic mass is 10.1. The van der Waals surface area contributed by atoms with E-state index in [0.29, 0.717) is 51.4 Å². The van der Waals surface area contributed by atoms with Crippen molar-refractivity contribution in [3.63, 3.8) is 0 Å². The van der Waals surface area contributed by atoms with E-state index in [-0.39, 0.29) is 23.7 Å². The van der Waals surface area contributed by atoms with Gasteiger partial charge in [0.15, 0.2) is 17.9 Å². The number of carbonyl (C=O) groups excluding carboxylic acids is 1. The summed E-state index contributed by atoms with van der Waals surface area (Å²) in [6.07, 6.45) is 0.258. The fraction of sp³-hybridized carbons (Fsp3) is 0.533. The number of nitrogens with zero attached hydrogens (tertiary/aromatic N) is 3. The molecule has 1 fully saturated rings. The Balaban J connectivity index is 0.000000708. The summed E-state index contributed by atoms with van der Waals surface area (Å²) in [6, 6.07) is 14.5. The Kier molecular flexibility index (Phi) is 13.8. The van der Waals surface area contributed by atoms with E-state index in [2.05, 4.69) is 20.6 Å². The van der Waals surface area contributed by atoms with Crippen molar-refractivity contribution in [1.29, 1.82) is 5.26 Å². The predicted octanol–water partition coefficient (Wildman–Crippen LogP) is 4.38. The van der Waals surface area contributed by atoms with E-state index >= 15 is 0 Å². The molecular weight excluding hydrogens is 517 g/mol. The van der Waals surface area contributed by atoms with E-state index < -0.39 is 5.82 Å². The molecule has 0 radical (unpaired) electrons. The Labute approximate surface area is 237 Å². The zero-order chi connectivity index (χ0) is 29.5. The van der Waals surface area contributed by atoms with E-state index in [1.807, 2.05) is 53.1 Å². The molecule has 2 aromatic carbocycles. The molecule has 0 spiro atoms. The van der Waals surface area contributed by atoms with Crippen LogP contribution in [0.1, 0.15) is 38.3 Å². The number of likely N-dealkylation sites (N-methyl/N-ethyl adjacent to an activating group) is 1. The van der Waals surface area contributed by atoms with E-state index in [0.717, 1.165) is 17.8 Å². The van der Waals surface area contributed by atoms with Crippen molar-refractivity contribution in [1.82, 2.24) is 4.90 Å². The van der Waals surface area contributed by atoms with Crippen LogP contribution in [0.3, 0.4) is 0 Å². The second kappa shape index (κ2) is 16.8. The Morgan fingerprint density at radius 1 is 1.10 bits per heavy atom. The standard InChI is InChI=1S/C25H32FN3O4.C5H10O2/c1-28(2)12-13-31-22-17-32-25(33-18-22)10-11-29(21-7-4-19(15-27)5-8-21)16-20-6-9-24(30-3)23(26)14-20;1-5(2,3)7-4-6/h4-9,14,22,25H,10-13,16-18H2,1-3H3;4H,1-3H3. The number of ether oxygens (including phenoxy) is 5. The molecule has 10 heteroatoms. The summed E-state index contributed by atoms with van der Waals surface area (Å²) < 4.78 is 41.3.